The third kappa shape index (κ3) is 3.36. The van der Waals surface area contributed by atoms with Crippen molar-refractivity contribution in [2.75, 3.05) is 13.1 Å². The Labute approximate surface area is 183 Å². The number of thiazole rings is 1. The van der Waals surface area contributed by atoms with Gasteiger partial charge < -0.3 is 14.1 Å². The van der Waals surface area contributed by atoms with E-state index >= 15 is 0 Å². The van der Waals surface area contributed by atoms with Crippen LogP contribution in [0.25, 0.3) is 21.3 Å². The first-order valence-corrected chi connectivity index (χ1v) is 11.4. The van der Waals surface area contributed by atoms with Crippen molar-refractivity contribution < 1.29 is 13.9 Å². The Morgan fingerprint density at radius 2 is 2.16 bits per heavy atom. The zero-order valence-corrected chi connectivity index (χ0v) is 18.0. The lowest BCUT2D eigenvalue weighted by Gasteiger charge is -2.51. The Morgan fingerprint density at radius 1 is 1.26 bits per heavy atom. The highest BCUT2D eigenvalue weighted by Gasteiger charge is 2.40. The lowest BCUT2D eigenvalue weighted by atomic mass is 9.90. The molecular weight excluding hydrogens is 412 g/mol. The first-order chi connectivity index (χ1) is 15.1. The molecule has 3 saturated heterocycles. The molecule has 3 fully saturated rings. The molecule has 4 aromatic rings. The second-order valence-corrected chi connectivity index (χ2v) is 9.30. The number of ether oxygens (including phenoxy) is 1. The summed E-state index contributed by atoms with van der Waals surface area (Å²) < 4.78 is 12.8. The molecule has 158 valence electrons. The minimum atomic E-state index is 0.194. The predicted molar refractivity (Wildman–Crippen MR) is 118 cm³/mol. The molecule has 3 aromatic heterocycles. The lowest BCUT2D eigenvalue weighted by molar-refractivity contribution is -0.139. The highest BCUT2D eigenvalue weighted by atomic mass is 32.1. The van der Waals surface area contributed by atoms with Crippen molar-refractivity contribution in [3.63, 3.8) is 0 Å². The Balaban J connectivity index is 1.20. The van der Waals surface area contributed by atoms with E-state index < -0.39 is 0 Å². The average molecular weight is 435 g/mol. The molecule has 8 heteroatoms. The molecule has 0 unspecified atom stereocenters. The summed E-state index contributed by atoms with van der Waals surface area (Å²) in [6.45, 7) is 4.29. The maximum Gasteiger partial charge on any atom is 0.281 e. The highest BCUT2D eigenvalue weighted by molar-refractivity contribution is 7.20. The SMILES string of the molecule is CC(=O)N1C[C@@H]2CC[C@H]1CN2Cc1coc2cc(Oc3nc4ncccc4s3)ccc12. The molecule has 0 saturated carbocycles. The normalized spacial score (nSPS) is 21.3. The molecule has 0 aliphatic carbocycles. The van der Waals surface area contributed by atoms with Crippen LogP contribution >= 0.6 is 11.3 Å². The number of nitrogens with zero attached hydrogens (tertiary/aromatic N) is 4. The van der Waals surface area contributed by atoms with Crippen LogP contribution in [0.5, 0.6) is 10.9 Å². The van der Waals surface area contributed by atoms with Gasteiger partial charge in [-0.05, 0) is 37.1 Å². The van der Waals surface area contributed by atoms with E-state index in [1.54, 1.807) is 13.1 Å². The minimum Gasteiger partial charge on any atom is -0.464 e. The molecular formula is C23H22N4O3S. The van der Waals surface area contributed by atoms with Crippen molar-refractivity contribution in [2.45, 2.75) is 38.4 Å². The van der Waals surface area contributed by atoms with Gasteiger partial charge in [0.05, 0.1) is 11.0 Å². The van der Waals surface area contributed by atoms with Gasteiger partial charge in [-0.3, -0.25) is 9.69 Å². The number of piperazine rings is 1. The smallest absolute Gasteiger partial charge is 0.281 e. The van der Waals surface area contributed by atoms with Gasteiger partial charge in [0.2, 0.25) is 5.91 Å². The van der Waals surface area contributed by atoms with Crippen LogP contribution in [0.4, 0.5) is 0 Å². The van der Waals surface area contributed by atoms with Gasteiger partial charge in [-0.2, -0.15) is 4.98 Å². The summed E-state index contributed by atoms with van der Waals surface area (Å²) in [4.78, 5) is 25.1. The van der Waals surface area contributed by atoms with Gasteiger partial charge in [0.25, 0.3) is 5.19 Å². The largest absolute Gasteiger partial charge is 0.464 e. The number of amides is 1. The third-order valence-electron chi connectivity index (χ3n) is 6.40. The van der Waals surface area contributed by atoms with Crippen LogP contribution in [-0.4, -0.2) is 50.8 Å². The predicted octanol–water partition coefficient (Wildman–Crippen LogP) is 4.42. The van der Waals surface area contributed by atoms with Crippen molar-refractivity contribution in [1.82, 2.24) is 19.8 Å². The molecule has 6 heterocycles. The number of pyridine rings is 1. The van der Waals surface area contributed by atoms with Crippen LogP contribution in [0, 0.1) is 0 Å². The highest BCUT2D eigenvalue weighted by Crippen LogP contribution is 2.35. The summed E-state index contributed by atoms with van der Waals surface area (Å²) in [6, 6.07) is 10.6. The summed E-state index contributed by atoms with van der Waals surface area (Å²) in [5.41, 5.74) is 2.68. The summed E-state index contributed by atoms with van der Waals surface area (Å²) in [7, 11) is 0. The number of rotatable bonds is 4. The fraction of sp³-hybridized carbons (Fsp3) is 0.348. The molecule has 0 radical (unpaired) electrons. The number of furan rings is 1. The fourth-order valence-corrected chi connectivity index (χ4v) is 5.65. The van der Waals surface area contributed by atoms with E-state index in [2.05, 4.69) is 20.9 Å². The molecule has 31 heavy (non-hydrogen) atoms. The summed E-state index contributed by atoms with van der Waals surface area (Å²) in [5.74, 6) is 0.890. The zero-order chi connectivity index (χ0) is 20.9. The minimum absolute atomic E-state index is 0.194. The van der Waals surface area contributed by atoms with E-state index in [4.69, 9.17) is 9.15 Å². The summed E-state index contributed by atoms with van der Waals surface area (Å²) in [5, 5.41) is 1.67. The fourth-order valence-electron chi connectivity index (χ4n) is 4.86. The van der Waals surface area contributed by atoms with Gasteiger partial charge in [-0.25, -0.2) is 4.98 Å². The van der Waals surface area contributed by atoms with Gasteiger partial charge in [-0.15, -0.1) is 0 Å². The topological polar surface area (TPSA) is 71.7 Å². The monoisotopic (exact) mass is 434 g/mol. The third-order valence-corrected chi connectivity index (χ3v) is 7.29. The molecule has 3 aliphatic heterocycles. The van der Waals surface area contributed by atoms with E-state index in [-0.39, 0.29) is 5.91 Å². The molecule has 0 N–H and O–H groups in total. The molecule has 7 rings (SSSR count). The van der Waals surface area contributed by atoms with Crippen LogP contribution in [0.2, 0.25) is 0 Å². The molecule has 3 aliphatic rings. The van der Waals surface area contributed by atoms with E-state index in [0.717, 1.165) is 48.1 Å². The number of hydrogen-bond acceptors (Lipinski definition) is 7. The zero-order valence-electron chi connectivity index (χ0n) is 17.2. The van der Waals surface area contributed by atoms with E-state index in [9.17, 15) is 4.79 Å². The Bertz CT molecular complexity index is 1250. The number of carbonyl (C=O) groups excluding carboxylic acids is 1. The average Bonchev–Trinajstić information content (AvgIpc) is 3.37. The van der Waals surface area contributed by atoms with Crippen molar-refractivity contribution >= 4 is 38.6 Å². The molecule has 1 aromatic carbocycles. The van der Waals surface area contributed by atoms with Crippen molar-refractivity contribution in [3.05, 3.63) is 48.4 Å². The molecule has 2 atom stereocenters. The maximum atomic E-state index is 11.9. The first kappa shape index (κ1) is 18.8. The Kier molecular flexibility index (Phi) is 4.43. The quantitative estimate of drug-likeness (QED) is 0.473. The molecule has 1 amide bonds. The molecule has 7 nitrogen and oxygen atoms in total. The second kappa shape index (κ2) is 7.32. The Hall–Kier alpha value is -2.97. The first-order valence-electron chi connectivity index (χ1n) is 10.5. The van der Waals surface area contributed by atoms with Crippen LogP contribution in [-0.2, 0) is 11.3 Å². The summed E-state index contributed by atoms with van der Waals surface area (Å²) in [6.07, 6.45) is 5.84. The van der Waals surface area contributed by atoms with Gasteiger partial charge >= 0.3 is 0 Å². The summed E-state index contributed by atoms with van der Waals surface area (Å²) >= 11 is 1.47. The number of fused-ring (bicyclic) bond motifs is 5. The van der Waals surface area contributed by atoms with E-state index in [1.165, 1.54) is 16.9 Å². The number of carbonyl (C=O) groups is 1. The number of piperidine rings is 2. The van der Waals surface area contributed by atoms with Gasteiger partial charge in [0, 0.05) is 61.9 Å². The Morgan fingerprint density at radius 3 is 2.97 bits per heavy atom. The standard InChI is InChI=1S/C23H22N4O3S/c1-14(28)27-12-16-4-5-17(27)11-26(16)10-15-13-29-20-9-18(6-7-19(15)20)30-23-25-22-21(31-23)3-2-8-24-22/h2-3,6-9,13,16-17H,4-5,10-12H2,1H3/t16-,17-/m0/s1. The van der Waals surface area contributed by atoms with E-state index in [1.807, 2.05) is 35.4 Å². The van der Waals surface area contributed by atoms with Crippen LogP contribution in [0.15, 0.2) is 47.2 Å². The number of aromatic nitrogens is 2. The van der Waals surface area contributed by atoms with Crippen LogP contribution < -0.4 is 4.74 Å². The van der Waals surface area contributed by atoms with Gasteiger partial charge in [0.15, 0.2) is 5.65 Å². The van der Waals surface area contributed by atoms with Gasteiger partial charge in [-0.1, -0.05) is 11.3 Å². The second-order valence-electron chi connectivity index (χ2n) is 8.31. The van der Waals surface area contributed by atoms with Crippen molar-refractivity contribution in [1.29, 1.82) is 0 Å². The van der Waals surface area contributed by atoms with Gasteiger partial charge in [0.1, 0.15) is 11.3 Å². The van der Waals surface area contributed by atoms with E-state index in [0.29, 0.717) is 28.7 Å². The molecule has 2 bridgehead atoms. The van der Waals surface area contributed by atoms with Crippen molar-refractivity contribution in [2.24, 2.45) is 0 Å². The molecule has 0 spiro atoms. The van der Waals surface area contributed by atoms with Crippen molar-refractivity contribution in [3.8, 4) is 10.9 Å². The maximum absolute atomic E-state index is 11.9. The number of hydrogen-bond donors (Lipinski definition) is 0. The van der Waals surface area contributed by atoms with Crippen LogP contribution in [0.1, 0.15) is 25.3 Å². The lowest BCUT2D eigenvalue weighted by Crippen LogP contribution is -2.63. The van der Waals surface area contributed by atoms with Crippen LogP contribution in [0.3, 0.4) is 0 Å². The number of benzene rings is 1.